The zero-order valence-electron chi connectivity index (χ0n) is 12.3. The van der Waals surface area contributed by atoms with E-state index < -0.39 is 0 Å². The average Bonchev–Trinajstić information content (AvgIpc) is 2.96. The Morgan fingerprint density at radius 2 is 2.10 bits per heavy atom. The van der Waals surface area contributed by atoms with Crippen molar-refractivity contribution in [1.29, 1.82) is 0 Å². The van der Waals surface area contributed by atoms with Crippen LogP contribution in [-0.4, -0.2) is 36.1 Å². The summed E-state index contributed by atoms with van der Waals surface area (Å²) in [6.07, 6.45) is 2.89. The van der Waals surface area contributed by atoms with Crippen LogP contribution in [0.5, 0.6) is 5.88 Å². The molecule has 1 N–H and O–H groups in total. The largest absolute Gasteiger partial charge is 0.480 e. The number of hydrogen-bond donors (Lipinski definition) is 1. The number of hydrogen-bond acceptors (Lipinski definition) is 4. The highest BCUT2D eigenvalue weighted by Crippen LogP contribution is 2.24. The second kappa shape index (κ2) is 6.59. The summed E-state index contributed by atoms with van der Waals surface area (Å²) in [5, 5.41) is 3.55. The average molecular weight is 283 g/mol. The summed E-state index contributed by atoms with van der Waals surface area (Å²) in [6, 6.07) is 15.0. The maximum absolute atomic E-state index is 5.29. The molecule has 1 aromatic heterocycles. The molecular formula is C17H21N3O. The molecule has 0 radical (unpaired) electrons. The highest BCUT2D eigenvalue weighted by atomic mass is 16.5. The maximum Gasteiger partial charge on any atom is 0.237 e. The lowest BCUT2D eigenvalue weighted by Gasteiger charge is -2.18. The van der Waals surface area contributed by atoms with Gasteiger partial charge in [0, 0.05) is 31.9 Å². The van der Waals surface area contributed by atoms with Crippen LogP contribution in [0.4, 0.5) is 5.69 Å². The number of nitrogens with zero attached hydrogens (tertiary/aromatic N) is 2. The van der Waals surface area contributed by atoms with Gasteiger partial charge in [0.05, 0.1) is 12.8 Å². The Kier molecular flexibility index (Phi) is 4.36. The van der Waals surface area contributed by atoms with E-state index in [4.69, 9.17) is 4.74 Å². The number of pyridine rings is 1. The standard InChI is InChI=1S/C17H21N3O/c1-21-17-16(8-5-10-18-17)19-15-9-11-20(13-15)12-14-6-3-2-4-7-14/h2-8,10,15,19H,9,11-13H2,1H3. The Bertz CT molecular complexity index is 573. The number of ether oxygens (including phenoxy) is 1. The molecule has 0 bridgehead atoms. The molecule has 2 aromatic rings. The lowest BCUT2D eigenvalue weighted by molar-refractivity contribution is 0.328. The predicted molar refractivity (Wildman–Crippen MR) is 84.5 cm³/mol. The van der Waals surface area contributed by atoms with Gasteiger partial charge in [-0.1, -0.05) is 30.3 Å². The number of benzene rings is 1. The van der Waals surface area contributed by atoms with Gasteiger partial charge < -0.3 is 10.1 Å². The van der Waals surface area contributed by atoms with Crippen molar-refractivity contribution in [1.82, 2.24) is 9.88 Å². The smallest absolute Gasteiger partial charge is 0.237 e. The Hall–Kier alpha value is -2.07. The predicted octanol–water partition coefficient (Wildman–Crippen LogP) is 2.78. The van der Waals surface area contributed by atoms with Crippen molar-refractivity contribution < 1.29 is 4.74 Å². The van der Waals surface area contributed by atoms with E-state index in [1.807, 2.05) is 12.1 Å². The highest BCUT2D eigenvalue weighted by Gasteiger charge is 2.23. The molecule has 110 valence electrons. The highest BCUT2D eigenvalue weighted by molar-refractivity contribution is 5.52. The molecule has 4 nitrogen and oxygen atoms in total. The first kappa shape index (κ1) is 13.9. The fourth-order valence-corrected chi connectivity index (χ4v) is 2.82. The normalized spacial score (nSPS) is 18.6. The van der Waals surface area contributed by atoms with Gasteiger partial charge in [-0.3, -0.25) is 4.90 Å². The summed E-state index contributed by atoms with van der Waals surface area (Å²) in [4.78, 5) is 6.71. The van der Waals surface area contributed by atoms with E-state index in [-0.39, 0.29) is 0 Å². The van der Waals surface area contributed by atoms with Gasteiger partial charge in [-0.05, 0) is 24.1 Å². The first-order valence-corrected chi connectivity index (χ1v) is 7.37. The SMILES string of the molecule is COc1ncccc1NC1CCN(Cc2ccccc2)C1. The number of likely N-dealkylation sites (tertiary alicyclic amines) is 1. The van der Waals surface area contributed by atoms with Crippen molar-refractivity contribution >= 4 is 5.69 Å². The molecule has 0 aliphatic carbocycles. The van der Waals surface area contributed by atoms with Crippen LogP contribution in [0, 0.1) is 0 Å². The Labute approximate surface area is 125 Å². The zero-order valence-corrected chi connectivity index (χ0v) is 12.3. The first-order valence-electron chi connectivity index (χ1n) is 7.37. The minimum absolute atomic E-state index is 0.451. The van der Waals surface area contributed by atoms with Crippen LogP contribution < -0.4 is 10.1 Å². The van der Waals surface area contributed by atoms with E-state index >= 15 is 0 Å². The van der Waals surface area contributed by atoms with Gasteiger partial charge in [-0.25, -0.2) is 4.98 Å². The van der Waals surface area contributed by atoms with Crippen molar-refractivity contribution in [3.63, 3.8) is 0 Å². The lowest BCUT2D eigenvalue weighted by Crippen LogP contribution is -2.26. The minimum Gasteiger partial charge on any atom is -0.480 e. The molecule has 1 aliphatic rings. The molecule has 21 heavy (non-hydrogen) atoms. The molecule has 1 aliphatic heterocycles. The summed E-state index contributed by atoms with van der Waals surface area (Å²) in [7, 11) is 1.66. The number of anilines is 1. The van der Waals surface area contributed by atoms with E-state index in [0.717, 1.165) is 31.7 Å². The third kappa shape index (κ3) is 3.52. The second-order valence-electron chi connectivity index (χ2n) is 5.41. The van der Waals surface area contributed by atoms with Gasteiger partial charge in [0.1, 0.15) is 0 Å². The lowest BCUT2D eigenvalue weighted by atomic mass is 10.2. The molecule has 1 fully saturated rings. The molecule has 0 spiro atoms. The fraction of sp³-hybridized carbons (Fsp3) is 0.353. The van der Waals surface area contributed by atoms with Crippen molar-refractivity contribution in [2.24, 2.45) is 0 Å². The monoisotopic (exact) mass is 283 g/mol. The molecule has 1 atom stereocenters. The quantitative estimate of drug-likeness (QED) is 0.915. The van der Waals surface area contributed by atoms with E-state index in [9.17, 15) is 0 Å². The first-order chi connectivity index (χ1) is 10.3. The number of rotatable bonds is 5. The van der Waals surface area contributed by atoms with Crippen molar-refractivity contribution in [3.8, 4) is 5.88 Å². The van der Waals surface area contributed by atoms with Gasteiger partial charge in [-0.2, -0.15) is 0 Å². The third-order valence-corrected chi connectivity index (χ3v) is 3.85. The second-order valence-corrected chi connectivity index (χ2v) is 5.41. The topological polar surface area (TPSA) is 37.4 Å². The van der Waals surface area contributed by atoms with Crippen LogP contribution >= 0.6 is 0 Å². The van der Waals surface area contributed by atoms with Crippen LogP contribution in [0.25, 0.3) is 0 Å². The van der Waals surface area contributed by atoms with E-state index in [2.05, 4.69) is 45.5 Å². The molecule has 2 heterocycles. The molecule has 0 amide bonds. The Balaban J connectivity index is 1.57. The van der Waals surface area contributed by atoms with Gasteiger partial charge in [0.25, 0.3) is 0 Å². The van der Waals surface area contributed by atoms with Crippen LogP contribution in [0.15, 0.2) is 48.7 Å². The minimum atomic E-state index is 0.451. The molecule has 0 saturated carbocycles. The van der Waals surface area contributed by atoms with Crippen LogP contribution in [0.3, 0.4) is 0 Å². The summed E-state index contributed by atoms with van der Waals surface area (Å²) in [6.45, 7) is 3.19. The fourth-order valence-electron chi connectivity index (χ4n) is 2.82. The van der Waals surface area contributed by atoms with Gasteiger partial charge in [0.15, 0.2) is 0 Å². The molecule has 1 aromatic carbocycles. The van der Waals surface area contributed by atoms with Crippen LogP contribution in [0.1, 0.15) is 12.0 Å². The number of aromatic nitrogens is 1. The van der Waals surface area contributed by atoms with Gasteiger partial charge in [0.2, 0.25) is 5.88 Å². The summed E-state index contributed by atoms with van der Waals surface area (Å²) in [5.41, 5.74) is 2.35. The van der Waals surface area contributed by atoms with Crippen molar-refractivity contribution in [2.45, 2.75) is 19.0 Å². The van der Waals surface area contributed by atoms with E-state index in [1.54, 1.807) is 13.3 Å². The number of methoxy groups -OCH3 is 1. The summed E-state index contributed by atoms with van der Waals surface area (Å²) in [5.74, 6) is 0.666. The third-order valence-electron chi connectivity index (χ3n) is 3.85. The molecule has 1 unspecified atom stereocenters. The maximum atomic E-state index is 5.29. The van der Waals surface area contributed by atoms with Crippen LogP contribution in [0.2, 0.25) is 0 Å². The zero-order chi connectivity index (χ0) is 14.5. The summed E-state index contributed by atoms with van der Waals surface area (Å²) >= 11 is 0. The summed E-state index contributed by atoms with van der Waals surface area (Å²) < 4.78 is 5.29. The Morgan fingerprint density at radius 3 is 2.90 bits per heavy atom. The number of nitrogens with one attached hydrogen (secondary N) is 1. The van der Waals surface area contributed by atoms with Gasteiger partial charge in [-0.15, -0.1) is 0 Å². The molecular weight excluding hydrogens is 262 g/mol. The van der Waals surface area contributed by atoms with Crippen molar-refractivity contribution in [2.75, 3.05) is 25.5 Å². The molecule has 3 rings (SSSR count). The molecule has 1 saturated heterocycles. The van der Waals surface area contributed by atoms with Crippen molar-refractivity contribution in [3.05, 3.63) is 54.2 Å². The van der Waals surface area contributed by atoms with Gasteiger partial charge >= 0.3 is 0 Å². The Morgan fingerprint density at radius 1 is 1.24 bits per heavy atom. The van der Waals surface area contributed by atoms with E-state index in [1.165, 1.54) is 5.56 Å². The van der Waals surface area contributed by atoms with Crippen LogP contribution in [-0.2, 0) is 6.54 Å². The molecule has 4 heteroatoms. The van der Waals surface area contributed by atoms with E-state index in [0.29, 0.717) is 11.9 Å².